The molecular weight excluding hydrogens is 168 g/mol. The van der Waals surface area contributed by atoms with Crippen LogP contribution in [0, 0.1) is 12.3 Å². The lowest BCUT2D eigenvalue weighted by Gasteiger charge is -2.01. The first-order valence-corrected chi connectivity index (χ1v) is 3.54. The molecule has 0 fully saturated rings. The number of hydrogen-bond donors (Lipinski definition) is 1. The second-order valence-electron chi connectivity index (χ2n) is 2.18. The molecule has 4 heteroatoms. The van der Waals surface area contributed by atoms with Crippen molar-refractivity contribution in [2.45, 2.75) is 0 Å². The summed E-state index contributed by atoms with van der Waals surface area (Å²) in [6.07, 6.45) is 6.35. The van der Waals surface area contributed by atoms with Gasteiger partial charge in [-0.15, -0.1) is 6.42 Å². The number of aromatic nitrogens is 1. The first kappa shape index (κ1) is 9.07. The van der Waals surface area contributed by atoms with Crippen molar-refractivity contribution in [1.29, 1.82) is 0 Å². The highest BCUT2D eigenvalue weighted by Crippen LogP contribution is 2.10. The van der Waals surface area contributed by atoms with Crippen LogP contribution in [0.4, 0.5) is 5.82 Å². The Kier molecular flexibility index (Phi) is 2.87. The van der Waals surface area contributed by atoms with Gasteiger partial charge in [0.05, 0.1) is 13.3 Å². The van der Waals surface area contributed by atoms with Gasteiger partial charge in [-0.3, -0.25) is 10.1 Å². The summed E-state index contributed by atoms with van der Waals surface area (Å²) in [5, 5.41) is 2.40. The highest BCUT2D eigenvalue weighted by molar-refractivity contribution is 6.02. The second kappa shape index (κ2) is 4.12. The second-order valence-corrected chi connectivity index (χ2v) is 2.18. The van der Waals surface area contributed by atoms with E-state index in [0.717, 1.165) is 0 Å². The van der Waals surface area contributed by atoms with Gasteiger partial charge in [0.2, 0.25) is 0 Å². The molecule has 13 heavy (non-hydrogen) atoms. The molecule has 1 aromatic rings. The maximum absolute atomic E-state index is 10.7. The van der Waals surface area contributed by atoms with E-state index in [1.54, 1.807) is 12.1 Å². The van der Waals surface area contributed by atoms with Crippen molar-refractivity contribution in [1.82, 2.24) is 4.98 Å². The lowest BCUT2D eigenvalue weighted by atomic mass is 10.4. The van der Waals surface area contributed by atoms with Crippen molar-refractivity contribution in [2.75, 3.05) is 12.4 Å². The van der Waals surface area contributed by atoms with Crippen LogP contribution in [0.25, 0.3) is 0 Å². The summed E-state index contributed by atoms with van der Waals surface area (Å²) >= 11 is 0. The molecule has 0 unspecified atom stereocenters. The standard InChI is InChI=1S/C9H8N2O2/c1-3-9(12)11-8-5-4-7(13-2)6-10-8/h1,4-6H,2H3,(H,10,11,12). The Balaban J connectivity index is 2.71. The number of anilines is 1. The maximum Gasteiger partial charge on any atom is 0.301 e. The van der Waals surface area contributed by atoms with E-state index >= 15 is 0 Å². The fraction of sp³-hybridized carbons (Fsp3) is 0.111. The van der Waals surface area contributed by atoms with Gasteiger partial charge in [-0.25, -0.2) is 4.98 Å². The molecule has 0 atom stereocenters. The van der Waals surface area contributed by atoms with Gasteiger partial charge >= 0.3 is 5.91 Å². The molecule has 0 radical (unpaired) electrons. The zero-order chi connectivity index (χ0) is 9.68. The van der Waals surface area contributed by atoms with Crippen molar-refractivity contribution in [3.63, 3.8) is 0 Å². The van der Waals surface area contributed by atoms with Crippen molar-refractivity contribution in [3.8, 4) is 18.1 Å². The van der Waals surface area contributed by atoms with Gasteiger partial charge < -0.3 is 4.74 Å². The fourth-order valence-corrected chi connectivity index (χ4v) is 0.727. The van der Waals surface area contributed by atoms with E-state index in [4.69, 9.17) is 11.2 Å². The molecule has 0 saturated heterocycles. The fourth-order valence-electron chi connectivity index (χ4n) is 0.727. The van der Waals surface area contributed by atoms with Crippen LogP contribution in [0.3, 0.4) is 0 Å². The minimum atomic E-state index is -0.516. The molecule has 0 aliphatic carbocycles. The summed E-state index contributed by atoms with van der Waals surface area (Å²) in [5.74, 6) is 2.43. The molecule has 0 spiro atoms. The van der Waals surface area contributed by atoms with E-state index in [-0.39, 0.29) is 0 Å². The number of ether oxygens (including phenoxy) is 1. The molecule has 1 aromatic heterocycles. The van der Waals surface area contributed by atoms with Crippen molar-refractivity contribution in [3.05, 3.63) is 18.3 Å². The largest absolute Gasteiger partial charge is 0.495 e. The van der Waals surface area contributed by atoms with E-state index in [0.29, 0.717) is 11.6 Å². The molecule has 0 aromatic carbocycles. The van der Waals surface area contributed by atoms with Gasteiger partial charge in [-0.1, -0.05) is 0 Å². The van der Waals surface area contributed by atoms with E-state index in [1.807, 2.05) is 5.92 Å². The Morgan fingerprint density at radius 3 is 2.92 bits per heavy atom. The van der Waals surface area contributed by atoms with Crippen LogP contribution in [-0.4, -0.2) is 18.0 Å². The van der Waals surface area contributed by atoms with Crippen LogP contribution in [0.1, 0.15) is 0 Å². The van der Waals surface area contributed by atoms with Crippen LogP contribution >= 0.6 is 0 Å². The molecule has 66 valence electrons. The van der Waals surface area contributed by atoms with Gasteiger partial charge in [0.25, 0.3) is 0 Å². The average Bonchev–Trinajstić information content (AvgIpc) is 2.19. The topological polar surface area (TPSA) is 51.2 Å². The Morgan fingerprint density at radius 1 is 1.69 bits per heavy atom. The predicted octanol–water partition coefficient (Wildman–Crippen LogP) is 0.662. The molecule has 1 rings (SSSR count). The summed E-state index contributed by atoms with van der Waals surface area (Å²) in [5.41, 5.74) is 0. The van der Waals surface area contributed by atoms with Crippen LogP contribution in [0.15, 0.2) is 18.3 Å². The predicted molar refractivity (Wildman–Crippen MR) is 48.3 cm³/mol. The van der Waals surface area contributed by atoms with E-state index < -0.39 is 5.91 Å². The third-order valence-electron chi connectivity index (χ3n) is 1.34. The number of terminal acetylenes is 1. The summed E-state index contributed by atoms with van der Waals surface area (Å²) in [7, 11) is 1.54. The number of carbonyl (C=O) groups is 1. The highest BCUT2D eigenvalue weighted by Gasteiger charge is 1.98. The third-order valence-corrected chi connectivity index (χ3v) is 1.34. The number of hydrogen-bond acceptors (Lipinski definition) is 3. The average molecular weight is 176 g/mol. The molecule has 0 aliphatic rings. The number of nitrogens with one attached hydrogen (secondary N) is 1. The third kappa shape index (κ3) is 2.49. The molecular formula is C9H8N2O2. The summed E-state index contributed by atoms with van der Waals surface area (Å²) in [4.78, 5) is 14.6. The van der Waals surface area contributed by atoms with Gasteiger partial charge in [0.15, 0.2) is 0 Å². The first-order valence-electron chi connectivity index (χ1n) is 3.54. The highest BCUT2D eigenvalue weighted by atomic mass is 16.5. The Labute approximate surface area is 75.9 Å². The minimum Gasteiger partial charge on any atom is -0.495 e. The van der Waals surface area contributed by atoms with E-state index in [2.05, 4.69) is 10.3 Å². The van der Waals surface area contributed by atoms with Crippen molar-refractivity contribution in [2.24, 2.45) is 0 Å². The lowest BCUT2D eigenvalue weighted by Crippen LogP contribution is -2.09. The Hall–Kier alpha value is -2.02. The van der Waals surface area contributed by atoms with Gasteiger partial charge in [-0.2, -0.15) is 0 Å². The first-order chi connectivity index (χ1) is 6.26. The van der Waals surface area contributed by atoms with Crippen molar-refractivity contribution < 1.29 is 9.53 Å². The Morgan fingerprint density at radius 2 is 2.46 bits per heavy atom. The van der Waals surface area contributed by atoms with Gasteiger partial charge in [0, 0.05) is 0 Å². The number of rotatable bonds is 2. The van der Waals surface area contributed by atoms with E-state index in [1.165, 1.54) is 13.3 Å². The number of amides is 1. The minimum absolute atomic E-state index is 0.406. The molecule has 1 N–H and O–H groups in total. The van der Waals surface area contributed by atoms with Crippen LogP contribution in [0.5, 0.6) is 5.75 Å². The molecule has 0 aliphatic heterocycles. The molecule has 4 nitrogen and oxygen atoms in total. The number of carbonyl (C=O) groups excluding carboxylic acids is 1. The SMILES string of the molecule is C#CC(=O)Nc1ccc(OC)cn1. The summed E-state index contributed by atoms with van der Waals surface area (Å²) in [6.45, 7) is 0. The zero-order valence-corrected chi connectivity index (χ0v) is 7.07. The number of methoxy groups -OCH3 is 1. The van der Waals surface area contributed by atoms with Crippen molar-refractivity contribution >= 4 is 11.7 Å². The summed E-state index contributed by atoms with van der Waals surface area (Å²) < 4.78 is 4.88. The monoisotopic (exact) mass is 176 g/mol. The van der Waals surface area contributed by atoms with Gasteiger partial charge in [-0.05, 0) is 18.1 Å². The van der Waals surface area contributed by atoms with E-state index in [9.17, 15) is 4.79 Å². The molecule has 1 heterocycles. The Bertz CT molecular complexity index is 338. The quantitative estimate of drug-likeness (QED) is 0.673. The zero-order valence-electron chi connectivity index (χ0n) is 7.07. The lowest BCUT2D eigenvalue weighted by molar-refractivity contribution is -0.111. The molecule has 0 saturated carbocycles. The maximum atomic E-state index is 10.7. The van der Waals surface area contributed by atoms with Crippen LogP contribution in [-0.2, 0) is 4.79 Å². The van der Waals surface area contributed by atoms with Crippen LogP contribution < -0.4 is 10.1 Å². The molecule has 1 amide bonds. The van der Waals surface area contributed by atoms with Crippen LogP contribution in [0.2, 0.25) is 0 Å². The molecule has 0 bridgehead atoms. The number of pyridine rings is 1. The smallest absolute Gasteiger partial charge is 0.301 e. The summed E-state index contributed by atoms with van der Waals surface area (Å²) in [6, 6.07) is 3.28. The number of nitrogens with zero attached hydrogens (tertiary/aromatic N) is 1. The van der Waals surface area contributed by atoms with Gasteiger partial charge in [0.1, 0.15) is 11.6 Å². The normalized spacial score (nSPS) is 8.62.